The Labute approximate surface area is 111 Å². The summed E-state index contributed by atoms with van der Waals surface area (Å²) < 4.78 is 5.02. The van der Waals surface area contributed by atoms with Crippen LogP contribution in [-0.2, 0) is 4.79 Å². The predicted octanol–water partition coefficient (Wildman–Crippen LogP) is 1.32. The Morgan fingerprint density at radius 3 is 2.74 bits per heavy atom. The number of carboxylic acid groups (broad SMARTS) is 1. The first-order valence-electron chi connectivity index (χ1n) is 6.02. The van der Waals surface area contributed by atoms with Gasteiger partial charge in [-0.1, -0.05) is 20.3 Å². The average molecular weight is 266 g/mol. The highest BCUT2D eigenvalue weighted by atomic mass is 16.5. The first-order valence-corrected chi connectivity index (χ1v) is 6.02. The van der Waals surface area contributed by atoms with Gasteiger partial charge in [0.2, 0.25) is 0 Å². The molecule has 6 nitrogen and oxygen atoms in total. The van der Waals surface area contributed by atoms with Crippen LogP contribution >= 0.6 is 0 Å². The van der Waals surface area contributed by atoms with Crippen molar-refractivity contribution in [2.45, 2.75) is 26.3 Å². The number of nitrogens with zero attached hydrogens (tertiary/aromatic N) is 1. The van der Waals surface area contributed by atoms with Crippen molar-refractivity contribution in [2.75, 3.05) is 7.11 Å². The molecule has 0 saturated heterocycles. The molecule has 0 aliphatic rings. The maximum atomic E-state index is 12.1. The van der Waals surface area contributed by atoms with E-state index >= 15 is 0 Å². The summed E-state index contributed by atoms with van der Waals surface area (Å²) in [6.07, 6.45) is 3.52. The maximum absolute atomic E-state index is 12.1. The van der Waals surface area contributed by atoms with Crippen LogP contribution in [0.3, 0.4) is 0 Å². The monoisotopic (exact) mass is 266 g/mol. The van der Waals surface area contributed by atoms with Crippen molar-refractivity contribution < 1.29 is 19.4 Å². The van der Waals surface area contributed by atoms with Gasteiger partial charge in [-0.3, -0.25) is 9.78 Å². The van der Waals surface area contributed by atoms with Gasteiger partial charge in [-0.25, -0.2) is 4.79 Å². The summed E-state index contributed by atoms with van der Waals surface area (Å²) in [5, 5.41) is 11.7. The summed E-state index contributed by atoms with van der Waals surface area (Å²) in [5.74, 6) is -1.37. The van der Waals surface area contributed by atoms with E-state index in [9.17, 15) is 9.59 Å². The van der Waals surface area contributed by atoms with Crippen LogP contribution in [0.2, 0.25) is 0 Å². The van der Waals surface area contributed by atoms with Gasteiger partial charge in [0.15, 0.2) is 0 Å². The summed E-state index contributed by atoms with van der Waals surface area (Å²) in [6.45, 7) is 3.66. The zero-order valence-corrected chi connectivity index (χ0v) is 11.2. The molecule has 0 saturated carbocycles. The maximum Gasteiger partial charge on any atom is 0.326 e. The van der Waals surface area contributed by atoms with Crippen molar-refractivity contribution in [3.8, 4) is 5.75 Å². The Kier molecular flexibility index (Phi) is 5.29. The van der Waals surface area contributed by atoms with Crippen molar-refractivity contribution >= 4 is 11.9 Å². The van der Waals surface area contributed by atoms with Crippen molar-refractivity contribution in [2.24, 2.45) is 5.92 Å². The molecule has 2 atom stereocenters. The molecule has 0 bridgehead atoms. The third kappa shape index (κ3) is 3.67. The van der Waals surface area contributed by atoms with Gasteiger partial charge in [0, 0.05) is 6.20 Å². The topological polar surface area (TPSA) is 88.5 Å². The van der Waals surface area contributed by atoms with Crippen molar-refractivity contribution in [3.63, 3.8) is 0 Å². The van der Waals surface area contributed by atoms with Gasteiger partial charge in [-0.2, -0.15) is 0 Å². The number of aromatic nitrogens is 1. The van der Waals surface area contributed by atoms with Gasteiger partial charge >= 0.3 is 5.97 Å². The molecule has 1 amide bonds. The van der Waals surface area contributed by atoms with Gasteiger partial charge < -0.3 is 15.2 Å². The van der Waals surface area contributed by atoms with Crippen LogP contribution < -0.4 is 10.1 Å². The highest BCUT2D eigenvalue weighted by molar-refractivity contribution is 5.98. The SMILES string of the molecule is CCC(C)[C@H](NC(=O)c1ccncc1OC)C(=O)O. The Morgan fingerprint density at radius 2 is 2.21 bits per heavy atom. The second-order valence-electron chi connectivity index (χ2n) is 4.25. The minimum Gasteiger partial charge on any atom is -0.494 e. The summed E-state index contributed by atoms with van der Waals surface area (Å²) >= 11 is 0. The fourth-order valence-corrected chi connectivity index (χ4v) is 1.63. The molecule has 0 spiro atoms. The smallest absolute Gasteiger partial charge is 0.326 e. The molecule has 104 valence electrons. The molecule has 0 aliphatic heterocycles. The van der Waals surface area contributed by atoms with E-state index in [4.69, 9.17) is 9.84 Å². The second-order valence-corrected chi connectivity index (χ2v) is 4.25. The molecule has 1 heterocycles. The standard InChI is InChI=1S/C13H18N2O4/c1-4-8(2)11(13(17)18)15-12(16)9-5-6-14-7-10(9)19-3/h5-8,11H,4H2,1-3H3,(H,15,16)(H,17,18)/t8?,11-/m0/s1. The number of carboxylic acids is 1. The average Bonchev–Trinajstić information content (AvgIpc) is 2.43. The number of carbonyl (C=O) groups is 2. The molecule has 1 aromatic rings. The van der Waals surface area contributed by atoms with Crippen LogP contribution in [0.5, 0.6) is 5.75 Å². The Balaban J connectivity index is 2.91. The largest absolute Gasteiger partial charge is 0.494 e. The van der Waals surface area contributed by atoms with E-state index in [-0.39, 0.29) is 11.5 Å². The number of amides is 1. The zero-order chi connectivity index (χ0) is 14.4. The molecular formula is C13H18N2O4. The van der Waals surface area contributed by atoms with Crippen LogP contribution in [0.4, 0.5) is 0 Å². The first-order chi connectivity index (χ1) is 9.01. The number of pyridine rings is 1. The molecule has 2 N–H and O–H groups in total. The minimum atomic E-state index is -1.05. The summed E-state index contributed by atoms with van der Waals surface area (Å²) in [6, 6.07) is 0.569. The van der Waals surface area contributed by atoms with Crippen molar-refractivity contribution in [1.29, 1.82) is 0 Å². The third-order valence-electron chi connectivity index (χ3n) is 3.01. The van der Waals surface area contributed by atoms with Gasteiger partial charge in [-0.15, -0.1) is 0 Å². The van der Waals surface area contributed by atoms with Gasteiger partial charge in [0.05, 0.1) is 18.9 Å². The number of methoxy groups -OCH3 is 1. The lowest BCUT2D eigenvalue weighted by Crippen LogP contribution is -2.45. The zero-order valence-electron chi connectivity index (χ0n) is 11.2. The van der Waals surface area contributed by atoms with Crippen LogP contribution in [0.1, 0.15) is 30.6 Å². The van der Waals surface area contributed by atoms with Crippen LogP contribution in [0.15, 0.2) is 18.5 Å². The number of nitrogens with one attached hydrogen (secondary N) is 1. The van der Waals surface area contributed by atoms with E-state index in [2.05, 4.69) is 10.3 Å². The fourth-order valence-electron chi connectivity index (χ4n) is 1.63. The number of hydrogen-bond donors (Lipinski definition) is 2. The molecule has 0 radical (unpaired) electrons. The summed E-state index contributed by atoms with van der Waals surface area (Å²) in [5.41, 5.74) is 0.270. The third-order valence-corrected chi connectivity index (χ3v) is 3.01. The second kappa shape index (κ2) is 6.72. The predicted molar refractivity (Wildman–Crippen MR) is 69.1 cm³/mol. The van der Waals surface area contributed by atoms with Gasteiger partial charge in [-0.05, 0) is 12.0 Å². The van der Waals surface area contributed by atoms with E-state index in [1.165, 1.54) is 25.6 Å². The van der Waals surface area contributed by atoms with Gasteiger partial charge in [0.25, 0.3) is 5.91 Å². The first kappa shape index (κ1) is 14.9. The molecule has 1 unspecified atom stereocenters. The molecule has 0 aromatic carbocycles. The summed E-state index contributed by atoms with van der Waals surface area (Å²) in [7, 11) is 1.43. The van der Waals surface area contributed by atoms with Crippen LogP contribution in [0, 0.1) is 5.92 Å². The number of hydrogen-bond acceptors (Lipinski definition) is 4. The van der Waals surface area contributed by atoms with E-state index in [1.54, 1.807) is 6.92 Å². The highest BCUT2D eigenvalue weighted by Gasteiger charge is 2.26. The van der Waals surface area contributed by atoms with Crippen molar-refractivity contribution in [3.05, 3.63) is 24.0 Å². The molecule has 0 aliphatic carbocycles. The number of rotatable bonds is 6. The molecule has 19 heavy (non-hydrogen) atoms. The van der Waals surface area contributed by atoms with E-state index in [0.29, 0.717) is 12.2 Å². The van der Waals surface area contributed by atoms with E-state index in [0.717, 1.165) is 0 Å². The lowest BCUT2D eigenvalue weighted by Gasteiger charge is -2.20. The normalized spacial score (nSPS) is 13.4. The number of carbonyl (C=O) groups excluding carboxylic acids is 1. The van der Waals surface area contributed by atoms with E-state index in [1.807, 2.05) is 6.92 Å². The molecule has 1 aromatic heterocycles. The summed E-state index contributed by atoms with van der Waals surface area (Å²) in [4.78, 5) is 27.1. The highest BCUT2D eigenvalue weighted by Crippen LogP contribution is 2.16. The molecule has 1 rings (SSSR count). The molecule has 6 heteroatoms. The van der Waals surface area contributed by atoms with E-state index < -0.39 is 17.9 Å². The Hall–Kier alpha value is -2.11. The fraction of sp³-hybridized carbons (Fsp3) is 0.462. The van der Waals surface area contributed by atoms with Gasteiger partial charge in [0.1, 0.15) is 11.8 Å². The molecular weight excluding hydrogens is 248 g/mol. The van der Waals surface area contributed by atoms with Crippen LogP contribution in [-0.4, -0.2) is 35.1 Å². The Morgan fingerprint density at radius 1 is 1.53 bits per heavy atom. The Bertz CT molecular complexity index is 462. The quantitative estimate of drug-likeness (QED) is 0.810. The lowest BCUT2D eigenvalue weighted by atomic mass is 9.99. The number of aliphatic carboxylic acids is 1. The van der Waals surface area contributed by atoms with Crippen molar-refractivity contribution in [1.82, 2.24) is 10.3 Å². The minimum absolute atomic E-state index is 0.158. The number of ether oxygens (including phenoxy) is 1. The van der Waals surface area contributed by atoms with Crippen LogP contribution in [0.25, 0.3) is 0 Å². The molecule has 0 fully saturated rings. The lowest BCUT2D eigenvalue weighted by molar-refractivity contribution is -0.140.